The van der Waals surface area contributed by atoms with Crippen LogP contribution in [0.3, 0.4) is 0 Å². The molecule has 0 bridgehead atoms. The van der Waals surface area contributed by atoms with Crippen molar-refractivity contribution in [2.75, 3.05) is 6.54 Å². The van der Waals surface area contributed by atoms with E-state index in [1.807, 2.05) is 6.92 Å². The second-order valence-electron chi connectivity index (χ2n) is 3.10. The molecule has 0 atom stereocenters. The Kier molecular flexibility index (Phi) is 4.69. The third-order valence-corrected chi connectivity index (χ3v) is 1.88. The predicted octanol–water partition coefficient (Wildman–Crippen LogP) is -0.507. The molecule has 0 fully saturated rings. The Morgan fingerprint density at radius 1 is 1.47 bits per heavy atom. The van der Waals surface area contributed by atoms with Gasteiger partial charge in [0.1, 0.15) is 12.3 Å². The largest absolute Gasteiger partial charge is 0.444 e. The van der Waals surface area contributed by atoms with Crippen LogP contribution in [0.15, 0.2) is 10.6 Å². The SMILES string of the molecule is CCc1cnc(CNC(=O)C(=O)NCC#N)o1. The van der Waals surface area contributed by atoms with Gasteiger partial charge in [0.25, 0.3) is 0 Å². The van der Waals surface area contributed by atoms with Gasteiger partial charge < -0.3 is 15.1 Å². The molecule has 0 aliphatic heterocycles. The molecule has 0 aromatic carbocycles. The molecule has 2 amide bonds. The van der Waals surface area contributed by atoms with Crippen LogP contribution in [0.5, 0.6) is 0 Å². The van der Waals surface area contributed by atoms with Gasteiger partial charge in [-0.05, 0) is 0 Å². The molecule has 7 nitrogen and oxygen atoms in total. The highest BCUT2D eigenvalue weighted by atomic mass is 16.4. The van der Waals surface area contributed by atoms with Crippen LogP contribution >= 0.6 is 0 Å². The summed E-state index contributed by atoms with van der Waals surface area (Å²) in [5.41, 5.74) is 0. The maximum Gasteiger partial charge on any atom is 0.310 e. The highest BCUT2D eigenvalue weighted by Crippen LogP contribution is 2.03. The van der Waals surface area contributed by atoms with Crippen LogP contribution in [0.1, 0.15) is 18.6 Å². The van der Waals surface area contributed by atoms with E-state index in [-0.39, 0.29) is 13.1 Å². The molecular weight excluding hydrogens is 224 g/mol. The Morgan fingerprint density at radius 3 is 2.76 bits per heavy atom. The molecule has 0 saturated heterocycles. The molecule has 2 N–H and O–H groups in total. The number of hydrogen-bond donors (Lipinski definition) is 2. The number of amides is 2. The summed E-state index contributed by atoms with van der Waals surface area (Å²) in [5.74, 6) is -0.628. The number of oxazole rings is 1. The first-order valence-electron chi connectivity index (χ1n) is 5.04. The van der Waals surface area contributed by atoms with Crippen molar-refractivity contribution in [1.82, 2.24) is 15.6 Å². The summed E-state index contributed by atoms with van der Waals surface area (Å²) in [6.45, 7) is 1.75. The van der Waals surface area contributed by atoms with Crippen LogP contribution in [-0.2, 0) is 22.6 Å². The van der Waals surface area contributed by atoms with E-state index in [0.29, 0.717) is 18.1 Å². The first kappa shape index (κ1) is 12.7. The first-order chi connectivity index (χ1) is 8.17. The van der Waals surface area contributed by atoms with Crippen LogP contribution < -0.4 is 10.6 Å². The minimum absolute atomic E-state index is 0.0405. The zero-order valence-electron chi connectivity index (χ0n) is 9.32. The van der Waals surface area contributed by atoms with Gasteiger partial charge in [-0.1, -0.05) is 6.92 Å². The van der Waals surface area contributed by atoms with Crippen molar-refractivity contribution in [2.24, 2.45) is 0 Å². The van der Waals surface area contributed by atoms with E-state index < -0.39 is 11.8 Å². The van der Waals surface area contributed by atoms with Gasteiger partial charge in [-0.2, -0.15) is 5.26 Å². The van der Waals surface area contributed by atoms with Gasteiger partial charge in [-0.15, -0.1) is 0 Å². The van der Waals surface area contributed by atoms with E-state index in [0.717, 1.165) is 0 Å². The summed E-state index contributed by atoms with van der Waals surface area (Å²) >= 11 is 0. The van der Waals surface area contributed by atoms with E-state index >= 15 is 0 Å². The van der Waals surface area contributed by atoms with Crippen LogP contribution in [0.2, 0.25) is 0 Å². The smallest absolute Gasteiger partial charge is 0.310 e. The van der Waals surface area contributed by atoms with Gasteiger partial charge in [0.05, 0.1) is 18.8 Å². The fourth-order valence-corrected chi connectivity index (χ4v) is 1.03. The summed E-state index contributed by atoms with van der Waals surface area (Å²) in [7, 11) is 0. The highest BCUT2D eigenvalue weighted by Gasteiger charge is 2.13. The van der Waals surface area contributed by atoms with E-state index in [1.165, 1.54) is 0 Å². The monoisotopic (exact) mass is 236 g/mol. The van der Waals surface area contributed by atoms with Gasteiger partial charge in [-0.25, -0.2) is 4.98 Å². The van der Waals surface area contributed by atoms with Crippen LogP contribution in [0.25, 0.3) is 0 Å². The van der Waals surface area contributed by atoms with Crippen LogP contribution in [-0.4, -0.2) is 23.3 Å². The van der Waals surface area contributed by atoms with Crippen molar-refractivity contribution in [3.8, 4) is 6.07 Å². The third kappa shape index (κ3) is 3.95. The molecule has 0 spiro atoms. The van der Waals surface area contributed by atoms with Crippen molar-refractivity contribution < 1.29 is 14.0 Å². The number of aromatic nitrogens is 1. The Hall–Kier alpha value is -2.36. The number of carbonyl (C=O) groups is 2. The molecule has 0 unspecified atom stereocenters. The topological polar surface area (TPSA) is 108 Å². The standard InChI is InChI=1S/C10H12N4O3/c1-2-7-5-13-8(17-7)6-14-10(16)9(15)12-4-3-11/h5H,2,4,6H2,1H3,(H,12,15)(H,14,16). The summed E-state index contributed by atoms with van der Waals surface area (Å²) in [6.07, 6.45) is 2.28. The molecule has 1 aromatic heterocycles. The summed E-state index contributed by atoms with van der Waals surface area (Å²) in [5, 5.41) is 12.7. The van der Waals surface area contributed by atoms with E-state index in [9.17, 15) is 9.59 Å². The number of hydrogen-bond acceptors (Lipinski definition) is 5. The maximum atomic E-state index is 11.2. The number of aryl methyl sites for hydroxylation is 1. The average molecular weight is 236 g/mol. The lowest BCUT2D eigenvalue weighted by molar-refractivity contribution is -0.139. The highest BCUT2D eigenvalue weighted by molar-refractivity contribution is 6.35. The number of nitriles is 1. The molecule has 0 aliphatic rings. The minimum Gasteiger partial charge on any atom is -0.444 e. The number of carbonyl (C=O) groups excluding carboxylic acids is 2. The van der Waals surface area contributed by atoms with Crippen LogP contribution in [0, 0.1) is 11.3 Å². The summed E-state index contributed by atoms with van der Waals surface area (Å²) < 4.78 is 5.23. The quantitative estimate of drug-likeness (QED) is 0.540. The fourth-order valence-electron chi connectivity index (χ4n) is 1.03. The maximum absolute atomic E-state index is 11.2. The summed E-state index contributed by atoms with van der Waals surface area (Å²) in [6, 6.07) is 1.70. The Morgan fingerprint density at radius 2 is 2.18 bits per heavy atom. The van der Waals surface area contributed by atoms with Gasteiger partial charge in [0, 0.05) is 6.42 Å². The fraction of sp³-hybridized carbons (Fsp3) is 0.400. The molecule has 90 valence electrons. The molecule has 0 aliphatic carbocycles. The zero-order chi connectivity index (χ0) is 12.7. The molecule has 0 saturated carbocycles. The van der Waals surface area contributed by atoms with E-state index in [4.69, 9.17) is 9.68 Å². The molecule has 1 rings (SSSR count). The third-order valence-electron chi connectivity index (χ3n) is 1.88. The molecular formula is C10H12N4O3. The number of nitrogens with zero attached hydrogens (tertiary/aromatic N) is 2. The Balaban J connectivity index is 2.37. The number of nitrogens with one attached hydrogen (secondary N) is 2. The lowest BCUT2D eigenvalue weighted by Gasteiger charge is -2.01. The predicted molar refractivity (Wildman–Crippen MR) is 56.4 cm³/mol. The molecule has 17 heavy (non-hydrogen) atoms. The molecule has 1 aromatic rings. The van der Waals surface area contributed by atoms with Gasteiger partial charge in [0.15, 0.2) is 0 Å². The Labute approximate surface area is 97.8 Å². The van der Waals surface area contributed by atoms with E-state index in [2.05, 4.69) is 15.6 Å². The van der Waals surface area contributed by atoms with Gasteiger partial charge in [-0.3, -0.25) is 9.59 Å². The van der Waals surface area contributed by atoms with Crippen molar-refractivity contribution in [1.29, 1.82) is 5.26 Å². The summed E-state index contributed by atoms with van der Waals surface area (Å²) in [4.78, 5) is 26.2. The van der Waals surface area contributed by atoms with Gasteiger partial charge in [0.2, 0.25) is 5.89 Å². The van der Waals surface area contributed by atoms with Crippen molar-refractivity contribution >= 4 is 11.8 Å². The van der Waals surface area contributed by atoms with Crippen LogP contribution in [0.4, 0.5) is 0 Å². The van der Waals surface area contributed by atoms with E-state index in [1.54, 1.807) is 12.3 Å². The molecule has 0 radical (unpaired) electrons. The lowest BCUT2D eigenvalue weighted by Crippen LogP contribution is -2.39. The van der Waals surface area contributed by atoms with Crippen molar-refractivity contribution in [3.63, 3.8) is 0 Å². The first-order valence-corrected chi connectivity index (χ1v) is 5.04. The zero-order valence-corrected chi connectivity index (χ0v) is 9.32. The second kappa shape index (κ2) is 6.27. The molecule has 1 heterocycles. The second-order valence-corrected chi connectivity index (χ2v) is 3.10. The van der Waals surface area contributed by atoms with Crippen molar-refractivity contribution in [3.05, 3.63) is 17.8 Å². The normalized spacial score (nSPS) is 9.41. The van der Waals surface area contributed by atoms with Gasteiger partial charge >= 0.3 is 11.8 Å². The minimum atomic E-state index is -0.853. The molecule has 7 heteroatoms. The average Bonchev–Trinajstić information content (AvgIpc) is 2.80. The lowest BCUT2D eigenvalue weighted by atomic mass is 10.4. The Bertz CT molecular complexity index is 447. The number of rotatable bonds is 4. The van der Waals surface area contributed by atoms with Crippen molar-refractivity contribution in [2.45, 2.75) is 19.9 Å².